The van der Waals surface area contributed by atoms with Crippen molar-refractivity contribution in [2.24, 2.45) is 0 Å². The molecule has 1 N–H and O–H groups in total. The van der Waals surface area contributed by atoms with Gasteiger partial charge in [0.25, 0.3) is 0 Å². The molecule has 0 aliphatic carbocycles. The summed E-state index contributed by atoms with van der Waals surface area (Å²) in [6.45, 7) is 0.413. The molecule has 1 rings (SSSR count). The monoisotopic (exact) mass is 325 g/mol. The van der Waals surface area contributed by atoms with Crippen LogP contribution in [0.3, 0.4) is 0 Å². The number of hydrogen-bond donors (Lipinski definition) is 1. The molecular formula is C10H13BrClNO2S. The van der Waals surface area contributed by atoms with E-state index in [0.29, 0.717) is 16.9 Å². The highest BCUT2D eigenvalue weighted by molar-refractivity contribution is 9.10. The van der Waals surface area contributed by atoms with Crippen molar-refractivity contribution < 1.29 is 8.42 Å². The summed E-state index contributed by atoms with van der Waals surface area (Å²) in [4.78, 5) is 0.265. The van der Waals surface area contributed by atoms with Crippen molar-refractivity contribution >= 4 is 37.6 Å². The Morgan fingerprint density at radius 1 is 1.25 bits per heavy atom. The summed E-state index contributed by atoms with van der Waals surface area (Å²) in [5.74, 6) is 0.552. The Morgan fingerprint density at radius 3 is 2.56 bits per heavy atom. The molecule has 0 radical (unpaired) electrons. The van der Waals surface area contributed by atoms with E-state index < -0.39 is 10.0 Å². The van der Waals surface area contributed by atoms with Gasteiger partial charge >= 0.3 is 0 Å². The minimum Gasteiger partial charge on any atom is -0.211 e. The van der Waals surface area contributed by atoms with Crippen LogP contribution in [0.4, 0.5) is 0 Å². The van der Waals surface area contributed by atoms with Gasteiger partial charge in [-0.3, -0.25) is 0 Å². The Labute approximate surface area is 109 Å². The first kappa shape index (κ1) is 14.0. The molecule has 0 spiro atoms. The maximum absolute atomic E-state index is 11.8. The van der Waals surface area contributed by atoms with Crippen LogP contribution in [-0.2, 0) is 10.0 Å². The van der Waals surface area contributed by atoms with Gasteiger partial charge in [-0.2, -0.15) is 0 Å². The Kier molecular flexibility index (Phi) is 5.75. The predicted octanol–water partition coefficient (Wildman–Crippen LogP) is 2.75. The fraction of sp³-hybridized carbons (Fsp3) is 0.400. The van der Waals surface area contributed by atoms with Crippen LogP contribution >= 0.6 is 27.5 Å². The summed E-state index contributed by atoms with van der Waals surface area (Å²) < 4.78 is 26.8. The summed E-state index contributed by atoms with van der Waals surface area (Å²) in [5.41, 5.74) is 0. The van der Waals surface area contributed by atoms with E-state index in [0.717, 1.165) is 12.8 Å². The third-order valence-electron chi connectivity index (χ3n) is 1.98. The van der Waals surface area contributed by atoms with Crippen LogP contribution in [-0.4, -0.2) is 20.8 Å². The molecule has 0 fully saturated rings. The number of halogens is 2. The molecule has 1 aromatic rings. The van der Waals surface area contributed by atoms with Gasteiger partial charge in [0, 0.05) is 16.9 Å². The van der Waals surface area contributed by atoms with Gasteiger partial charge in [0.2, 0.25) is 10.0 Å². The molecule has 90 valence electrons. The number of unbranched alkanes of at least 4 members (excludes halogenated alkanes) is 1. The highest BCUT2D eigenvalue weighted by atomic mass is 79.9. The Morgan fingerprint density at radius 2 is 1.94 bits per heavy atom. The minimum atomic E-state index is -3.41. The second-order valence-electron chi connectivity index (χ2n) is 3.22. The van der Waals surface area contributed by atoms with Crippen molar-refractivity contribution in [1.82, 2.24) is 4.72 Å². The summed E-state index contributed by atoms with van der Waals surface area (Å²) in [5, 5.41) is 0. The van der Waals surface area contributed by atoms with Gasteiger partial charge in [0.05, 0.1) is 4.90 Å². The zero-order valence-electron chi connectivity index (χ0n) is 8.62. The summed E-state index contributed by atoms with van der Waals surface area (Å²) in [6, 6.07) is 6.73. The number of alkyl halides is 1. The largest absolute Gasteiger partial charge is 0.241 e. The van der Waals surface area contributed by atoms with Crippen molar-refractivity contribution in [2.75, 3.05) is 12.4 Å². The Balaban J connectivity index is 2.68. The normalized spacial score (nSPS) is 11.6. The lowest BCUT2D eigenvalue weighted by Gasteiger charge is -2.07. The lowest BCUT2D eigenvalue weighted by atomic mass is 10.3. The topological polar surface area (TPSA) is 46.2 Å². The number of rotatable bonds is 6. The molecule has 0 heterocycles. The summed E-state index contributed by atoms with van der Waals surface area (Å²) in [6.07, 6.45) is 1.55. The summed E-state index contributed by atoms with van der Waals surface area (Å²) >= 11 is 8.72. The average molecular weight is 327 g/mol. The first-order chi connectivity index (χ1) is 7.58. The van der Waals surface area contributed by atoms with E-state index in [1.807, 2.05) is 0 Å². The van der Waals surface area contributed by atoms with E-state index in [2.05, 4.69) is 20.7 Å². The van der Waals surface area contributed by atoms with Crippen molar-refractivity contribution in [1.29, 1.82) is 0 Å². The van der Waals surface area contributed by atoms with E-state index in [9.17, 15) is 8.42 Å². The van der Waals surface area contributed by atoms with Crippen LogP contribution in [0.5, 0.6) is 0 Å². The van der Waals surface area contributed by atoms with E-state index in [1.54, 1.807) is 24.3 Å². The molecule has 16 heavy (non-hydrogen) atoms. The maximum Gasteiger partial charge on any atom is 0.241 e. The number of benzene rings is 1. The molecule has 0 aliphatic heterocycles. The van der Waals surface area contributed by atoms with Gasteiger partial charge in [0.1, 0.15) is 0 Å². The quantitative estimate of drug-likeness (QED) is 0.645. The fourth-order valence-electron chi connectivity index (χ4n) is 1.17. The van der Waals surface area contributed by atoms with Crippen molar-refractivity contribution in [3.05, 3.63) is 28.7 Å². The van der Waals surface area contributed by atoms with Gasteiger partial charge in [-0.1, -0.05) is 12.1 Å². The number of nitrogens with one attached hydrogen (secondary N) is 1. The van der Waals surface area contributed by atoms with Gasteiger partial charge in [-0.25, -0.2) is 13.1 Å². The standard InChI is InChI=1S/C10H13BrClNO2S/c11-9-5-1-2-6-10(9)16(14,15)13-8-4-3-7-12/h1-2,5-6,13H,3-4,7-8H2. The highest BCUT2D eigenvalue weighted by Gasteiger charge is 2.15. The number of hydrogen-bond acceptors (Lipinski definition) is 2. The molecule has 0 saturated heterocycles. The SMILES string of the molecule is O=S(=O)(NCCCCCl)c1ccccc1Br. The first-order valence-corrected chi connectivity index (χ1v) is 7.69. The smallest absolute Gasteiger partial charge is 0.211 e. The van der Waals surface area contributed by atoms with Crippen LogP contribution < -0.4 is 4.72 Å². The molecule has 0 unspecified atom stereocenters. The van der Waals surface area contributed by atoms with E-state index in [-0.39, 0.29) is 4.90 Å². The zero-order chi connectivity index (χ0) is 12.0. The molecule has 0 aromatic heterocycles. The van der Waals surface area contributed by atoms with E-state index in [1.165, 1.54) is 0 Å². The first-order valence-electron chi connectivity index (χ1n) is 4.88. The third-order valence-corrected chi connectivity index (χ3v) is 4.72. The van der Waals surface area contributed by atoms with Gasteiger partial charge in [-0.05, 0) is 40.9 Å². The summed E-state index contributed by atoms with van der Waals surface area (Å²) in [7, 11) is -3.41. The molecule has 0 saturated carbocycles. The lowest BCUT2D eigenvalue weighted by molar-refractivity contribution is 0.578. The van der Waals surface area contributed by atoms with Crippen LogP contribution in [0.1, 0.15) is 12.8 Å². The molecule has 1 aromatic carbocycles. The molecule has 0 bridgehead atoms. The minimum absolute atomic E-state index is 0.265. The lowest BCUT2D eigenvalue weighted by Crippen LogP contribution is -2.25. The van der Waals surface area contributed by atoms with Crippen molar-refractivity contribution in [3.8, 4) is 0 Å². The fourth-order valence-corrected chi connectivity index (χ4v) is 3.43. The van der Waals surface area contributed by atoms with Crippen LogP contribution in [0.15, 0.2) is 33.6 Å². The van der Waals surface area contributed by atoms with Crippen LogP contribution in [0.25, 0.3) is 0 Å². The second kappa shape index (κ2) is 6.59. The Hall–Kier alpha value is -0.100. The molecule has 0 aliphatic rings. The molecule has 0 atom stereocenters. The molecule has 6 heteroatoms. The van der Waals surface area contributed by atoms with Gasteiger partial charge < -0.3 is 0 Å². The molecule has 0 amide bonds. The Bertz CT molecular complexity index is 436. The number of sulfonamides is 1. The van der Waals surface area contributed by atoms with Gasteiger partial charge in [0.15, 0.2) is 0 Å². The van der Waals surface area contributed by atoms with Crippen molar-refractivity contribution in [3.63, 3.8) is 0 Å². The average Bonchev–Trinajstić information content (AvgIpc) is 2.25. The highest BCUT2D eigenvalue weighted by Crippen LogP contribution is 2.20. The van der Waals surface area contributed by atoms with Crippen LogP contribution in [0, 0.1) is 0 Å². The molecule has 3 nitrogen and oxygen atoms in total. The van der Waals surface area contributed by atoms with Crippen LogP contribution in [0.2, 0.25) is 0 Å². The predicted molar refractivity (Wildman–Crippen MR) is 69.3 cm³/mol. The zero-order valence-corrected chi connectivity index (χ0v) is 11.8. The van der Waals surface area contributed by atoms with E-state index in [4.69, 9.17) is 11.6 Å². The van der Waals surface area contributed by atoms with E-state index >= 15 is 0 Å². The van der Waals surface area contributed by atoms with Gasteiger partial charge in [-0.15, -0.1) is 11.6 Å². The van der Waals surface area contributed by atoms with Crippen molar-refractivity contribution in [2.45, 2.75) is 17.7 Å². The maximum atomic E-state index is 11.8. The molecular weight excluding hydrogens is 314 g/mol. The second-order valence-corrected chi connectivity index (χ2v) is 6.19. The third kappa shape index (κ3) is 4.05.